The summed E-state index contributed by atoms with van der Waals surface area (Å²) in [6.45, 7) is 1.54. The largest absolute Gasteiger partial charge is 0.342 e. The second-order valence-corrected chi connectivity index (χ2v) is 6.92. The first kappa shape index (κ1) is 18.2. The van der Waals surface area contributed by atoms with Crippen LogP contribution in [0.25, 0.3) is 11.4 Å². The summed E-state index contributed by atoms with van der Waals surface area (Å²) in [7, 11) is 0. The van der Waals surface area contributed by atoms with Crippen LogP contribution in [0.3, 0.4) is 0 Å². The van der Waals surface area contributed by atoms with E-state index in [0.717, 1.165) is 37.2 Å². The Balaban J connectivity index is 1.27. The lowest BCUT2D eigenvalue weighted by Gasteiger charge is -2.32. The molecule has 8 nitrogen and oxygen atoms in total. The van der Waals surface area contributed by atoms with E-state index < -0.39 is 0 Å². The summed E-state index contributed by atoms with van der Waals surface area (Å²) in [5.74, 6) is 1.53. The van der Waals surface area contributed by atoms with Crippen molar-refractivity contribution in [3.05, 3.63) is 54.7 Å². The maximum Gasteiger partial charge on any atom is 0.226 e. The van der Waals surface area contributed by atoms with Gasteiger partial charge in [0.05, 0.1) is 0 Å². The van der Waals surface area contributed by atoms with E-state index in [2.05, 4.69) is 25.1 Å². The third-order valence-corrected chi connectivity index (χ3v) is 4.97. The zero-order valence-electron chi connectivity index (χ0n) is 15.6. The Bertz CT molecular complexity index is 899. The van der Waals surface area contributed by atoms with Crippen molar-refractivity contribution in [2.75, 3.05) is 13.1 Å². The van der Waals surface area contributed by atoms with Crippen LogP contribution in [0, 0.1) is 0 Å². The highest BCUT2D eigenvalue weighted by Gasteiger charge is 2.25. The highest BCUT2D eigenvalue weighted by atomic mass is 16.5. The predicted molar refractivity (Wildman–Crippen MR) is 101 cm³/mol. The van der Waals surface area contributed by atoms with E-state index in [4.69, 9.17) is 4.52 Å². The summed E-state index contributed by atoms with van der Waals surface area (Å²) < 4.78 is 5.29. The molecule has 1 amide bonds. The van der Waals surface area contributed by atoms with E-state index in [1.807, 2.05) is 23.1 Å². The number of likely N-dealkylation sites (tertiary alicyclic amines) is 1. The molecule has 1 atom stereocenters. The van der Waals surface area contributed by atoms with Gasteiger partial charge in [0, 0.05) is 61.7 Å². The molecule has 0 aliphatic carbocycles. The molecule has 0 radical (unpaired) electrons. The summed E-state index contributed by atoms with van der Waals surface area (Å²) in [4.78, 5) is 31.3. The van der Waals surface area contributed by atoms with Crippen molar-refractivity contribution < 1.29 is 9.32 Å². The lowest BCUT2D eigenvalue weighted by atomic mass is 9.94. The highest BCUT2D eigenvalue weighted by molar-refractivity contribution is 5.76. The summed E-state index contributed by atoms with van der Waals surface area (Å²) in [6, 6.07) is 5.65. The minimum absolute atomic E-state index is 0.172. The first-order valence-electron chi connectivity index (χ1n) is 9.56. The van der Waals surface area contributed by atoms with Gasteiger partial charge in [-0.1, -0.05) is 5.16 Å². The SMILES string of the molecule is O=C(CCCc1nc(-c2cccnc2)no1)N1CCC[C@@H](c2ccncn2)C1. The fourth-order valence-electron chi connectivity index (χ4n) is 3.51. The number of aromatic nitrogens is 5. The molecule has 0 spiro atoms. The number of carbonyl (C=O) groups excluding carboxylic acids is 1. The molecule has 28 heavy (non-hydrogen) atoms. The standard InChI is InChI=1S/C20H22N6O2/c27-19(26-11-3-5-16(13-26)17-8-10-22-14-23-17)7-1-6-18-24-20(25-28-18)15-4-2-9-21-12-15/h2,4,8-10,12,14,16H,1,3,5-7,11,13H2/t16-/m1/s1. The maximum atomic E-state index is 12.6. The lowest BCUT2D eigenvalue weighted by Crippen LogP contribution is -2.39. The minimum Gasteiger partial charge on any atom is -0.342 e. The van der Waals surface area contributed by atoms with Crippen LogP contribution in [0.1, 0.15) is 43.2 Å². The summed E-state index contributed by atoms with van der Waals surface area (Å²) in [5, 5.41) is 3.98. The molecule has 0 unspecified atom stereocenters. The molecule has 3 aromatic heterocycles. The fourth-order valence-corrected chi connectivity index (χ4v) is 3.51. The van der Waals surface area contributed by atoms with Crippen LogP contribution in [-0.4, -0.2) is 49.0 Å². The predicted octanol–water partition coefficient (Wildman–Crippen LogP) is 2.65. The topological polar surface area (TPSA) is 97.9 Å². The molecule has 1 fully saturated rings. The first-order valence-corrected chi connectivity index (χ1v) is 9.56. The Labute approximate surface area is 163 Å². The van der Waals surface area contributed by atoms with Crippen molar-refractivity contribution in [1.82, 2.24) is 30.0 Å². The van der Waals surface area contributed by atoms with Crippen LogP contribution in [0.2, 0.25) is 0 Å². The molecule has 0 N–H and O–H groups in total. The summed E-state index contributed by atoms with van der Waals surface area (Å²) in [6.07, 6.45) is 10.5. The average Bonchev–Trinajstić information content (AvgIpc) is 3.24. The molecule has 1 aliphatic rings. The van der Waals surface area contributed by atoms with E-state index in [1.54, 1.807) is 24.9 Å². The van der Waals surface area contributed by atoms with Crippen molar-refractivity contribution >= 4 is 5.91 Å². The van der Waals surface area contributed by atoms with Gasteiger partial charge in [-0.05, 0) is 37.5 Å². The molecule has 3 aromatic rings. The van der Waals surface area contributed by atoms with E-state index in [0.29, 0.717) is 36.9 Å². The van der Waals surface area contributed by atoms with Crippen LogP contribution in [-0.2, 0) is 11.2 Å². The van der Waals surface area contributed by atoms with Gasteiger partial charge in [-0.25, -0.2) is 9.97 Å². The van der Waals surface area contributed by atoms with E-state index in [1.165, 1.54) is 0 Å². The van der Waals surface area contributed by atoms with E-state index in [9.17, 15) is 4.79 Å². The molecule has 4 heterocycles. The van der Waals surface area contributed by atoms with Gasteiger partial charge in [-0.15, -0.1) is 0 Å². The minimum atomic E-state index is 0.172. The third kappa shape index (κ3) is 4.39. The highest BCUT2D eigenvalue weighted by Crippen LogP contribution is 2.25. The number of nitrogens with zero attached hydrogens (tertiary/aromatic N) is 6. The zero-order chi connectivity index (χ0) is 19.2. The Kier molecular flexibility index (Phi) is 5.65. The van der Waals surface area contributed by atoms with Crippen LogP contribution in [0.4, 0.5) is 0 Å². The van der Waals surface area contributed by atoms with Gasteiger partial charge < -0.3 is 9.42 Å². The Morgan fingerprint density at radius 1 is 1.25 bits per heavy atom. The Hall–Kier alpha value is -3.16. The van der Waals surface area contributed by atoms with Crippen LogP contribution >= 0.6 is 0 Å². The third-order valence-electron chi connectivity index (χ3n) is 4.97. The first-order chi connectivity index (χ1) is 13.8. The van der Waals surface area contributed by atoms with E-state index >= 15 is 0 Å². The molecular weight excluding hydrogens is 356 g/mol. The van der Waals surface area contributed by atoms with Gasteiger partial charge in [0.25, 0.3) is 0 Å². The van der Waals surface area contributed by atoms with E-state index in [-0.39, 0.29) is 5.91 Å². The molecule has 4 rings (SSSR count). The van der Waals surface area contributed by atoms with Gasteiger partial charge in [0.15, 0.2) is 0 Å². The van der Waals surface area contributed by atoms with Crippen LogP contribution < -0.4 is 0 Å². The maximum absolute atomic E-state index is 12.6. The van der Waals surface area contributed by atoms with Crippen LogP contribution in [0.15, 0.2) is 47.6 Å². The second kappa shape index (κ2) is 8.69. The molecule has 0 bridgehead atoms. The van der Waals surface area contributed by atoms with Crippen molar-refractivity contribution in [3.8, 4) is 11.4 Å². The van der Waals surface area contributed by atoms with Crippen molar-refractivity contribution in [3.63, 3.8) is 0 Å². The number of piperidine rings is 1. The number of pyridine rings is 1. The monoisotopic (exact) mass is 378 g/mol. The van der Waals surface area contributed by atoms with Gasteiger partial charge in [0.2, 0.25) is 17.6 Å². The summed E-state index contributed by atoms with van der Waals surface area (Å²) in [5.41, 5.74) is 1.83. The smallest absolute Gasteiger partial charge is 0.226 e. The molecule has 1 aliphatic heterocycles. The number of amides is 1. The Morgan fingerprint density at radius 3 is 3.04 bits per heavy atom. The lowest BCUT2D eigenvalue weighted by molar-refractivity contribution is -0.132. The normalized spacial score (nSPS) is 16.9. The van der Waals surface area contributed by atoms with Crippen LogP contribution in [0.5, 0.6) is 0 Å². The van der Waals surface area contributed by atoms with Crippen molar-refractivity contribution in [2.24, 2.45) is 0 Å². The van der Waals surface area contributed by atoms with Gasteiger partial charge >= 0.3 is 0 Å². The molecule has 144 valence electrons. The molecule has 8 heteroatoms. The van der Waals surface area contributed by atoms with Crippen molar-refractivity contribution in [1.29, 1.82) is 0 Å². The number of hydrogen-bond acceptors (Lipinski definition) is 7. The average molecular weight is 378 g/mol. The zero-order valence-corrected chi connectivity index (χ0v) is 15.6. The number of rotatable bonds is 6. The summed E-state index contributed by atoms with van der Waals surface area (Å²) >= 11 is 0. The molecular formula is C20H22N6O2. The molecule has 0 saturated carbocycles. The number of hydrogen-bond donors (Lipinski definition) is 0. The Morgan fingerprint density at radius 2 is 2.21 bits per heavy atom. The number of carbonyl (C=O) groups is 1. The van der Waals surface area contributed by atoms with Gasteiger partial charge in [-0.2, -0.15) is 4.98 Å². The number of aryl methyl sites for hydroxylation is 1. The fraction of sp³-hybridized carbons (Fsp3) is 0.400. The van der Waals surface area contributed by atoms with Crippen molar-refractivity contribution in [2.45, 2.75) is 38.0 Å². The molecule has 1 saturated heterocycles. The second-order valence-electron chi connectivity index (χ2n) is 6.92. The molecule has 0 aromatic carbocycles. The quantitative estimate of drug-likeness (QED) is 0.650. The van der Waals surface area contributed by atoms with Gasteiger partial charge in [-0.3, -0.25) is 9.78 Å². The van der Waals surface area contributed by atoms with Gasteiger partial charge in [0.1, 0.15) is 6.33 Å².